The second-order valence-corrected chi connectivity index (χ2v) is 7.92. The molecule has 0 amide bonds. The number of nitrogens with zero attached hydrogens (tertiary/aromatic N) is 5. The van der Waals surface area contributed by atoms with Gasteiger partial charge in [-0.25, -0.2) is 9.97 Å². The first-order valence-corrected chi connectivity index (χ1v) is 11.0. The van der Waals surface area contributed by atoms with Crippen LogP contribution in [-0.2, 0) is 4.74 Å². The largest absolute Gasteiger partial charge is 0.477 e. The third-order valence-corrected chi connectivity index (χ3v) is 5.64. The van der Waals surface area contributed by atoms with Crippen molar-refractivity contribution in [2.75, 3.05) is 37.8 Å². The van der Waals surface area contributed by atoms with Crippen molar-refractivity contribution in [3.63, 3.8) is 0 Å². The number of aromatic amines is 1. The van der Waals surface area contributed by atoms with Crippen LogP contribution >= 0.6 is 11.6 Å². The summed E-state index contributed by atoms with van der Waals surface area (Å²) in [5.41, 5.74) is 4.22. The Balaban J connectivity index is 1.69. The van der Waals surface area contributed by atoms with Gasteiger partial charge in [0.05, 0.1) is 25.5 Å². The van der Waals surface area contributed by atoms with Crippen LogP contribution in [0.15, 0.2) is 42.9 Å². The Morgan fingerprint density at radius 1 is 1.16 bits per heavy atom. The first-order valence-electron chi connectivity index (χ1n) is 10.7. The van der Waals surface area contributed by atoms with Crippen LogP contribution in [0.5, 0.6) is 5.88 Å². The Kier molecular flexibility index (Phi) is 5.87. The van der Waals surface area contributed by atoms with Gasteiger partial charge in [0, 0.05) is 42.6 Å². The van der Waals surface area contributed by atoms with Crippen molar-refractivity contribution in [1.29, 1.82) is 0 Å². The minimum atomic E-state index is 0.448. The average Bonchev–Trinajstić information content (AvgIpc) is 3.37. The molecule has 1 aliphatic rings. The number of rotatable bonds is 6. The molecule has 0 bridgehead atoms. The highest BCUT2D eigenvalue weighted by Gasteiger charge is 2.19. The van der Waals surface area contributed by atoms with Crippen molar-refractivity contribution in [2.45, 2.75) is 13.3 Å². The number of pyridine rings is 3. The van der Waals surface area contributed by atoms with E-state index in [4.69, 9.17) is 26.1 Å². The van der Waals surface area contributed by atoms with Gasteiger partial charge in [0.1, 0.15) is 22.1 Å². The minimum Gasteiger partial charge on any atom is -0.477 e. The van der Waals surface area contributed by atoms with Gasteiger partial charge in [-0.1, -0.05) is 18.5 Å². The van der Waals surface area contributed by atoms with E-state index in [-0.39, 0.29) is 0 Å². The molecule has 1 fully saturated rings. The normalized spacial score (nSPS) is 14.1. The van der Waals surface area contributed by atoms with Gasteiger partial charge < -0.3 is 14.4 Å². The molecule has 0 spiro atoms. The van der Waals surface area contributed by atoms with Crippen molar-refractivity contribution in [3.8, 4) is 28.4 Å². The zero-order valence-electron chi connectivity index (χ0n) is 17.7. The molecule has 5 heterocycles. The highest BCUT2D eigenvalue weighted by atomic mass is 35.5. The van der Waals surface area contributed by atoms with Crippen LogP contribution in [-0.4, -0.2) is 58.1 Å². The van der Waals surface area contributed by atoms with Gasteiger partial charge in [0.2, 0.25) is 5.88 Å². The summed E-state index contributed by atoms with van der Waals surface area (Å²) in [5.74, 6) is 1.32. The molecule has 9 heteroatoms. The minimum absolute atomic E-state index is 0.448. The second-order valence-electron chi connectivity index (χ2n) is 7.51. The number of nitrogens with one attached hydrogen (secondary N) is 1. The first-order chi connectivity index (χ1) is 15.7. The molecule has 0 aliphatic carbocycles. The van der Waals surface area contributed by atoms with Crippen LogP contribution in [0.4, 0.5) is 5.82 Å². The van der Waals surface area contributed by atoms with Crippen molar-refractivity contribution < 1.29 is 9.47 Å². The molecule has 5 rings (SSSR count). The number of anilines is 1. The van der Waals surface area contributed by atoms with Gasteiger partial charge in [-0.3, -0.25) is 10.1 Å². The molecule has 0 saturated carbocycles. The number of morpholine rings is 1. The summed E-state index contributed by atoms with van der Waals surface area (Å²) in [6, 6.07) is 7.84. The molecule has 0 aromatic carbocycles. The third-order valence-electron chi connectivity index (χ3n) is 5.37. The molecule has 0 radical (unpaired) electrons. The van der Waals surface area contributed by atoms with Crippen molar-refractivity contribution in [3.05, 3.63) is 47.9 Å². The molecule has 1 N–H and O–H groups in total. The molecule has 0 atom stereocenters. The van der Waals surface area contributed by atoms with Crippen LogP contribution in [0.25, 0.3) is 33.4 Å². The highest BCUT2D eigenvalue weighted by molar-refractivity contribution is 6.32. The summed E-state index contributed by atoms with van der Waals surface area (Å²) < 4.78 is 11.2. The summed E-state index contributed by atoms with van der Waals surface area (Å²) in [4.78, 5) is 16.3. The second kappa shape index (κ2) is 9.10. The Morgan fingerprint density at radius 2 is 2.03 bits per heavy atom. The monoisotopic (exact) mass is 450 g/mol. The van der Waals surface area contributed by atoms with Crippen molar-refractivity contribution in [2.24, 2.45) is 0 Å². The average molecular weight is 451 g/mol. The molecule has 164 valence electrons. The van der Waals surface area contributed by atoms with E-state index < -0.39 is 0 Å². The van der Waals surface area contributed by atoms with Crippen LogP contribution in [0.1, 0.15) is 13.3 Å². The Labute approximate surface area is 190 Å². The Bertz CT molecular complexity index is 1220. The summed E-state index contributed by atoms with van der Waals surface area (Å²) in [7, 11) is 0. The maximum absolute atomic E-state index is 6.51. The molecule has 4 aromatic heterocycles. The fourth-order valence-electron chi connectivity index (χ4n) is 3.79. The lowest BCUT2D eigenvalue weighted by molar-refractivity contribution is 0.122. The zero-order valence-corrected chi connectivity index (χ0v) is 18.5. The maximum Gasteiger partial charge on any atom is 0.232 e. The number of halogens is 1. The van der Waals surface area contributed by atoms with Crippen LogP contribution < -0.4 is 9.64 Å². The topological polar surface area (TPSA) is 89.0 Å². The van der Waals surface area contributed by atoms with Gasteiger partial charge >= 0.3 is 0 Å². The van der Waals surface area contributed by atoms with Crippen LogP contribution in [0, 0.1) is 0 Å². The lowest BCUT2D eigenvalue weighted by Gasteiger charge is -2.28. The Morgan fingerprint density at radius 3 is 2.78 bits per heavy atom. The number of hydrogen-bond donors (Lipinski definition) is 1. The van der Waals surface area contributed by atoms with Gasteiger partial charge in [0.15, 0.2) is 0 Å². The number of aromatic nitrogens is 5. The zero-order chi connectivity index (χ0) is 21.9. The van der Waals surface area contributed by atoms with Crippen LogP contribution in [0.2, 0.25) is 5.02 Å². The lowest BCUT2D eigenvalue weighted by atomic mass is 10.0. The quantitative estimate of drug-likeness (QED) is 0.466. The van der Waals surface area contributed by atoms with Gasteiger partial charge in [-0.05, 0) is 36.2 Å². The summed E-state index contributed by atoms with van der Waals surface area (Å²) >= 11 is 6.51. The molecule has 32 heavy (non-hydrogen) atoms. The number of hydrogen-bond acceptors (Lipinski definition) is 7. The van der Waals surface area contributed by atoms with Crippen LogP contribution in [0.3, 0.4) is 0 Å². The molecule has 8 nitrogen and oxygen atoms in total. The van der Waals surface area contributed by atoms with E-state index in [0.29, 0.717) is 30.7 Å². The van der Waals surface area contributed by atoms with E-state index >= 15 is 0 Å². The standard InChI is InChI=1S/C23H23ClN6O2/c1-2-9-32-23-18(24)12-15(14-26-23)17-13-20(30-7-10-31-11-8-30)28-21-16(17)3-5-25-22(21)19-4-6-27-29-19/h3-6,12-14H,2,7-11H2,1H3,(H,27,29). The van der Waals surface area contributed by atoms with Gasteiger partial charge in [-0.15, -0.1) is 0 Å². The van der Waals surface area contributed by atoms with Gasteiger partial charge in [-0.2, -0.15) is 5.10 Å². The number of ether oxygens (including phenoxy) is 2. The summed E-state index contributed by atoms with van der Waals surface area (Å²) in [5, 5.41) is 8.53. The molecular weight excluding hydrogens is 428 g/mol. The van der Waals surface area contributed by atoms with E-state index in [1.807, 2.05) is 25.1 Å². The predicted molar refractivity (Wildman–Crippen MR) is 124 cm³/mol. The lowest BCUT2D eigenvalue weighted by Crippen LogP contribution is -2.36. The fraction of sp³-hybridized carbons (Fsp3) is 0.304. The molecular formula is C23H23ClN6O2. The van der Waals surface area contributed by atoms with E-state index in [9.17, 15) is 0 Å². The molecule has 1 aliphatic heterocycles. The number of fused-ring (bicyclic) bond motifs is 1. The molecule has 1 saturated heterocycles. The van der Waals surface area contributed by atoms with Crippen molar-refractivity contribution in [1.82, 2.24) is 25.1 Å². The van der Waals surface area contributed by atoms with E-state index in [1.54, 1.807) is 18.6 Å². The molecule has 0 unspecified atom stereocenters. The van der Waals surface area contributed by atoms with Crippen molar-refractivity contribution >= 4 is 28.3 Å². The Hall–Kier alpha value is -3.23. The summed E-state index contributed by atoms with van der Waals surface area (Å²) in [6.45, 7) is 5.52. The number of H-pyrrole nitrogens is 1. The van der Waals surface area contributed by atoms with Gasteiger partial charge in [0.25, 0.3) is 0 Å². The SMILES string of the molecule is CCCOc1ncc(-c2cc(N3CCOCC3)nc3c(-c4ccn[nH]4)nccc23)cc1Cl. The van der Waals surface area contributed by atoms with E-state index in [0.717, 1.165) is 58.7 Å². The van der Waals surface area contributed by atoms with E-state index in [1.165, 1.54) is 0 Å². The fourth-order valence-corrected chi connectivity index (χ4v) is 4.01. The third kappa shape index (κ3) is 3.99. The highest BCUT2D eigenvalue weighted by Crippen LogP contribution is 2.36. The molecule has 4 aromatic rings. The van der Waals surface area contributed by atoms with E-state index in [2.05, 4.69) is 31.1 Å². The predicted octanol–water partition coefficient (Wildman–Crippen LogP) is 4.36. The summed E-state index contributed by atoms with van der Waals surface area (Å²) in [6.07, 6.45) is 6.18. The smallest absolute Gasteiger partial charge is 0.232 e. The maximum atomic E-state index is 6.51. The first kappa shape index (κ1) is 20.7.